The molecule has 0 aromatic rings. The molecule has 0 radical (unpaired) electrons. The number of hydrogen-bond acceptors (Lipinski definition) is 4. The number of rotatable bonds is 4. The van der Waals surface area contributed by atoms with E-state index in [9.17, 15) is 9.59 Å². The van der Waals surface area contributed by atoms with Crippen molar-refractivity contribution in [1.82, 2.24) is 0 Å². The first-order valence-corrected chi connectivity index (χ1v) is 5.74. The van der Waals surface area contributed by atoms with Crippen LogP contribution in [-0.2, 0) is 19.1 Å². The van der Waals surface area contributed by atoms with Crippen LogP contribution in [0.5, 0.6) is 0 Å². The number of ether oxygens (including phenoxy) is 2. The molecule has 0 spiro atoms. The normalized spacial score (nSPS) is 16.8. The van der Waals surface area contributed by atoms with Crippen molar-refractivity contribution in [1.29, 1.82) is 0 Å². The van der Waals surface area contributed by atoms with Crippen molar-refractivity contribution in [2.45, 2.75) is 39.9 Å². The van der Waals surface area contributed by atoms with Gasteiger partial charge in [0.05, 0.1) is 17.2 Å². The lowest BCUT2D eigenvalue weighted by molar-refractivity contribution is -0.122. The van der Waals surface area contributed by atoms with Crippen LogP contribution in [0.15, 0.2) is 22.6 Å². The summed E-state index contributed by atoms with van der Waals surface area (Å²) in [6, 6.07) is 0. The van der Waals surface area contributed by atoms with E-state index in [2.05, 4.69) is 0 Å². The monoisotopic (exact) mass is 258 g/mol. The van der Waals surface area contributed by atoms with E-state index in [1.54, 1.807) is 27.7 Å². The van der Waals surface area contributed by atoms with E-state index >= 15 is 0 Å². The Balaban J connectivity index is 3.14. The standard InChI is InChI=1S/C12H15ClO4/c1-6(2)16-11-9(14)5-8(13)10(15)12(11)17-7(3)4/h5-7H,1-4H3. The highest BCUT2D eigenvalue weighted by Crippen LogP contribution is 2.25. The van der Waals surface area contributed by atoms with E-state index in [4.69, 9.17) is 21.1 Å². The molecule has 5 heteroatoms. The van der Waals surface area contributed by atoms with Gasteiger partial charge in [0.25, 0.3) is 0 Å². The molecule has 0 fully saturated rings. The molecule has 0 saturated carbocycles. The summed E-state index contributed by atoms with van der Waals surface area (Å²) in [5, 5.41) is -0.151. The maximum atomic E-state index is 11.8. The highest BCUT2D eigenvalue weighted by molar-refractivity contribution is 6.48. The van der Waals surface area contributed by atoms with Crippen LogP contribution in [-0.4, -0.2) is 23.8 Å². The second-order valence-corrected chi connectivity index (χ2v) is 4.58. The summed E-state index contributed by atoms with van der Waals surface area (Å²) in [4.78, 5) is 23.5. The van der Waals surface area contributed by atoms with Gasteiger partial charge in [0, 0.05) is 6.08 Å². The second kappa shape index (κ2) is 5.36. The molecule has 0 saturated heterocycles. The van der Waals surface area contributed by atoms with Crippen molar-refractivity contribution >= 4 is 23.2 Å². The maximum Gasteiger partial charge on any atom is 0.243 e. The first-order valence-electron chi connectivity index (χ1n) is 5.36. The second-order valence-electron chi connectivity index (χ2n) is 4.18. The van der Waals surface area contributed by atoms with Gasteiger partial charge in [0.15, 0.2) is 0 Å². The Kier molecular flexibility index (Phi) is 4.34. The van der Waals surface area contributed by atoms with Crippen molar-refractivity contribution in [2.24, 2.45) is 0 Å². The molecule has 4 nitrogen and oxygen atoms in total. The van der Waals surface area contributed by atoms with Gasteiger partial charge in [-0.05, 0) is 27.7 Å². The summed E-state index contributed by atoms with van der Waals surface area (Å²) >= 11 is 5.66. The van der Waals surface area contributed by atoms with Crippen molar-refractivity contribution in [3.63, 3.8) is 0 Å². The number of ketones is 2. The minimum absolute atomic E-state index is 0.0666. The molecule has 1 aliphatic rings. The first-order chi connectivity index (χ1) is 7.82. The van der Waals surface area contributed by atoms with Crippen molar-refractivity contribution in [2.75, 3.05) is 0 Å². The van der Waals surface area contributed by atoms with Crippen LogP contribution in [0.3, 0.4) is 0 Å². The molecule has 0 N–H and O–H groups in total. The van der Waals surface area contributed by atoms with Crippen molar-refractivity contribution in [3.8, 4) is 0 Å². The molecule has 0 atom stereocenters. The third kappa shape index (κ3) is 3.33. The lowest BCUT2D eigenvalue weighted by Gasteiger charge is -2.20. The van der Waals surface area contributed by atoms with E-state index < -0.39 is 11.6 Å². The van der Waals surface area contributed by atoms with Gasteiger partial charge in [-0.1, -0.05) is 11.6 Å². The Hall–Kier alpha value is -1.29. The van der Waals surface area contributed by atoms with Crippen LogP contribution >= 0.6 is 11.6 Å². The zero-order chi connectivity index (χ0) is 13.2. The fourth-order valence-electron chi connectivity index (χ4n) is 1.26. The van der Waals surface area contributed by atoms with Gasteiger partial charge in [-0.2, -0.15) is 0 Å². The predicted molar refractivity (Wildman–Crippen MR) is 63.4 cm³/mol. The van der Waals surface area contributed by atoms with E-state index in [1.807, 2.05) is 0 Å². The number of carbonyl (C=O) groups excluding carboxylic acids is 2. The Morgan fingerprint density at radius 3 is 1.94 bits per heavy atom. The molecular formula is C12H15ClO4. The summed E-state index contributed by atoms with van der Waals surface area (Å²) in [7, 11) is 0. The molecule has 1 aliphatic carbocycles. The van der Waals surface area contributed by atoms with Gasteiger partial charge in [-0.15, -0.1) is 0 Å². The highest BCUT2D eigenvalue weighted by atomic mass is 35.5. The van der Waals surface area contributed by atoms with E-state index in [1.165, 1.54) is 0 Å². The van der Waals surface area contributed by atoms with Gasteiger partial charge in [-0.3, -0.25) is 9.59 Å². The largest absolute Gasteiger partial charge is 0.483 e. The van der Waals surface area contributed by atoms with Crippen LogP contribution in [0.1, 0.15) is 27.7 Å². The Morgan fingerprint density at radius 2 is 1.47 bits per heavy atom. The lowest BCUT2D eigenvalue weighted by atomic mass is 10.1. The van der Waals surface area contributed by atoms with Crippen LogP contribution in [0, 0.1) is 0 Å². The van der Waals surface area contributed by atoms with E-state index in [0.717, 1.165) is 6.08 Å². The third-order valence-electron chi connectivity index (χ3n) is 1.82. The van der Waals surface area contributed by atoms with Gasteiger partial charge >= 0.3 is 0 Å². The molecular weight excluding hydrogens is 244 g/mol. The number of Topliss-reactive ketones (excluding diaryl/α,β-unsaturated/α-hetero) is 1. The number of hydrogen-bond donors (Lipinski definition) is 0. The smallest absolute Gasteiger partial charge is 0.243 e. The zero-order valence-electron chi connectivity index (χ0n) is 10.2. The molecule has 1 rings (SSSR count). The van der Waals surface area contributed by atoms with Crippen LogP contribution in [0.2, 0.25) is 0 Å². The topological polar surface area (TPSA) is 52.6 Å². The van der Waals surface area contributed by atoms with Crippen LogP contribution in [0.25, 0.3) is 0 Å². The molecule has 94 valence electrons. The first kappa shape index (κ1) is 13.8. The van der Waals surface area contributed by atoms with Crippen LogP contribution in [0.4, 0.5) is 0 Å². The van der Waals surface area contributed by atoms with E-state index in [0.29, 0.717) is 0 Å². The quantitative estimate of drug-likeness (QED) is 0.726. The average Bonchev–Trinajstić information content (AvgIpc) is 2.19. The molecule has 0 amide bonds. The summed E-state index contributed by atoms with van der Waals surface area (Å²) in [5.41, 5.74) is 0. The molecule has 0 bridgehead atoms. The highest BCUT2D eigenvalue weighted by Gasteiger charge is 2.32. The van der Waals surface area contributed by atoms with Gasteiger partial charge in [0.1, 0.15) is 0 Å². The predicted octanol–water partition coefficient (Wildman–Crippen LogP) is 2.32. The number of allylic oxidation sites excluding steroid dienone is 2. The third-order valence-corrected chi connectivity index (χ3v) is 2.10. The molecule has 0 unspecified atom stereocenters. The van der Waals surface area contributed by atoms with Gasteiger partial charge in [-0.25, -0.2) is 0 Å². The Morgan fingerprint density at radius 1 is 1.00 bits per heavy atom. The van der Waals surface area contributed by atoms with Crippen LogP contribution < -0.4 is 0 Å². The lowest BCUT2D eigenvalue weighted by Crippen LogP contribution is -2.24. The summed E-state index contributed by atoms with van der Waals surface area (Å²) in [6.45, 7) is 7.03. The fraction of sp³-hybridized carbons (Fsp3) is 0.500. The molecule has 17 heavy (non-hydrogen) atoms. The van der Waals surface area contributed by atoms with E-state index in [-0.39, 0.29) is 28.8 Å². The average molecular weight is 259 g/mol. The zero-order valence-corrected chi connectivity index (χ0v) is 11.0. The minimum atomic E-state index is -0.518. The maximum absolute atomic E-state index is 11.8. The summed E-state index contributed by atoms with van der Waals surface area (Å²) in [5.74, 6) is -1.14. The molecule has 0 heterocycles. The fourth-order valence-corrected chi connectivity index (χ4v) is 1.44. The minimum Gasteiger partial charge on any atom is -0.483 e. The number of halogens is 1. The SMILES string of the molecule is CC(C)OC1=C(OC(C)C)C(=O)C(Cl)=CC1=O. The summed E-state index contributed by atoms with van der Waals surface area (Å²) < 4.78 is 10.6. The number of carbonyl (C=O) groups is 2. The molecule has 0 aliphatic heterocycles. The molecule has 0 aromatic heterocycles. The Labute approximate surface area is 105 Å². The van der Waals surface area contributed by atoms with Crippen molar-refractivity contribution < 1.29 is 19.1 Å². The van der Waals surface area contributed by atoms with Crippen molar-refractivity contribution in [3.05, 3.63) is 22.6 Å². The molecule has 0 aromatic carbocycles. The van der Waals surface area contributed by atoms with Gasteiger partial charge in [0.2, 0.25) is 23.1 Å². The van der Waals surface area contributed by atoms with Gasteiger partial charge < -0.3 is 9.47 Å². The Bertz CT molecular complexity index is 405. The summed E-state index contributed by atoms with van der Waals surface area (Å²) in [6.07, 6.45) is 0.585.